The SMILES string of the molecule is O=C(I)N1CC(O)C(F)C1. The van der Waals surface area contributed by atoms with Crippen molar-refractivity contribution in [3.05, 3.63) is 0 Å². The summed E-state index contributed by atoms with van der Waals surface area (Å²) >= 11 is 1.57. The van der Waals surface area contributed by atoms with Crippen molar-refractivity contribution in [1.29, 1.82) is 0 Å². The molecule has 0 bridgehead atoms. The van der Waals surface area contributed by atoms with E-state index in [0.717, 1.165) is 0 Å². The van der Waals surface area contributed by atoms with Crippen LogP contribution >= 0.6 is 22.6 Å². The summed E-state index contributed by atoms with van der Waals surface area (Å²) in [5.74, 6) is 0. The second-order valence-electron chi connectivity index (χ2n) is 2.24. The molecule has 0 saturated carbocycles. The summed E-state index contributed by atoms with van der Waals surface area (Å²) in [6.45, 7) is 0.159. The van der Waals surface area contributed by atoms with Gasteiger partial charge >= 0.3 is 0 Å². The maximum atomic E-state index is 12.5. The molecule has 0 aliphatic carbocycles. The lowest BCUT2D eigenvalue weighted by Crippen LogP contribution is -2.23. The molecule has 1 heterocycles. The largest absolute Gasteiger partial charge is 0.388 e. The Hall–Kier alpha value is 0.0900. The van der Waals surface area contributed by atoms with Gasteiger partial charge in [0.25, 0.3) is 3.91 Å². The molecule has 0 radical (unpaired) electrons. The van der Waals surface area contributed by atoms with E-state index in [9.17, 15) is 9.18 Å². The number of nitrogens with zero attached hydrogens (tertiary/aromatic N) is 1. The first-order chi connectivity index (χ1) is 4.61. The Bertz CT molecular complexity index is 145. The van der Waals surface area contributed by atoms with Crippen molar-refractivity contribution in [3.8, 4) is 0 Å². The Labute approximate surface area is 71.3 Å². The van der Waals surface area contributed by atoms with Gasteiger partial charge in [-0.2, -0.15) is 0 Å². The number of aliphatic hydroxyl groups excluding tert-OH is 1. The predicted octanol–water partition coefficient (Wildman–Crippen LogP) is 0.556. The van der Waals surface area contributed by atoms with E-state index in [4.69, 9.17) is 5.11 Å². The molecule has 1 saturated heterocycles. The second-order valence-corrected chi connectivity index (χ2v) is 3.16. The molecule has 10 heavy (non-hydrogen) atoms. The molecule has 0 spiro atoms. The molecular formula is C5H7FINO2. The highest BCUT2D eigenvalue weighted by Crippen LogP contribution is 2.15. The third-order valence-electron chi connectivity index (χ3n) is 1.47. The molecule has 2 atom stereocenters. The number of aliphatic hydroxyl groups is 1. The van der Waals surface area contributed by atoms with Gasteiger partial charge in [-0.1, -0.05) is 0 Å². The normalized spacial score (nSPS) is 32.9. The Kier molecular flexibility index (Phi) is 2.45. The number of hydrogen-bond acceptors (Lipinski definition) is 2. The first-order valence-electron chi connectivity index (χ1n) is 2.88. The molecule has 1 aliphatic heterocycles. The van der Waals surface area contributed by atoms with Gasteiger partial charge in [0.1, 0.15) is 12.3 Å². The van der Waals surface area contributed by atoms with Gasteiger partial charge in [0.2, 0.25) is 0 Å². The first-order valence-corrected chi connectivity index (χ1v) is 3.95. The van der Waals surface area contributed by atoms with E-state index in [1.165, 1.54) is 4.90 Å². The topological polar surface area (TPSA) is 40.5 Å². The quantitative estimate of drug-likeness (QED) is 0.392. The standard InChI is InChI=1S/C5H7FINO2/c6-3-1-8(5(7)10)2-4(3)9/h3-4,9H,1-2H2. The van der Waals surface area contributed by atoms with Gasteiger partial charge in [-0.05, 0) is 0 Å². The maximum Gasteiger partial charge on any atom is 0.283 e. The van der Waals surface area contributed by atoms with Crippen molar-refractivity contribution < 1.29 is 14.3 Å². The highest BCUT2D eigenvalue weighted by molar-refractivity contribution is 14.1. The smallest absolute Gasteiger partial charge is 0.283 e. The Morgan fingerprint density at radius 1 is 1.70 bits per heavy atom. The average Bonchev–Trinajstić information content (AvgIpc) is 2.13. The Morgan fingerprint density at radius 3 is 2.50 bits per heavy atom. The van der Waals surface area contributed by atoms with Crippen LogP contribution in [0.25, 0.3) is 0 Å². The molecule has 1 N–H and O–H groups in total. The lowest BCUT2D eigenvalue weighted by molar-refractivity contribution is 0.116. The molecule has 0 aromatic rings. The van der Waals surface area contributed by atoms with E-state index in [2.05, 4.69) is 0 Å². The number of carbonyl (C=O) groups is 1. The first kappa shape index (κ1) is 8.19. The Balaban J connectivity index is 2.49. The number of rotatable bonds is 0. The van der Waals surface area contributed by atoms with Crippen LogP contribution < -0.4 is 0 Å². The van der Waals surface area contributed by atoms with E-state index < -0.39 is 12.3 Å². The van der Waals surface area contributed by atoms with Gasteiger partial charge in [-0.25, -0.2) is 4.39 Å². The van der Waals surface area contributed by atoms with Crippen molar-refractivity contribution in [1.82, 2.24) is 4.90 Å². The van der Waals surface area contributed by atoms with E-state index in [1.54, 1.807) is 22.6 Å². The highest BCUT2D eigenvalue weighted by atomic mass is 127. The fourth-order valence-electron chi connectivity index (χ4n) is 0.890. The monoisotopic (exact) mass is 259 g/mol. The van der Waals surface area contributed by atoms with Gasteiger partial charge in [0, 0.05) is 22.6 Å². The minimum Gasteiger partial charge on any atom is -0.388 e. The van der Waals surface area contributed by atoms with Crippen LogP contribution in [0.4, 0.5) is 9.18 Å². The average molecular weight is 259 g/mol. The zero-order valence-corrected chi connectivity index (χ0v) is 7.29. The molecule has 3 nitrogen and oxygen atoms in total. The summed E-state index contributed by atoms with van der Waals surface area (Å²) in [7, 11) is 0. The molecule has 0 aromatic heterocycles. The van der Waals surface area contributed by atoms with Gasteiger partial charge in [0.05, 0.1) is 13.1 Å². The zero-order valence-electron chi connectivity index (χ0n) is 5.13. The lowest BCUT2D eigenvalue weighted by Gasteiger charge is -2.08. The highest BCUT2D eigenvalue weighted by Gasteiger charge is 2.32. The lowest BCUT2D eigenvalue weighted by atomic mass is 10.3. The summed E-state index contributed by atoms with van der Waals surface area (Å²) in [4.78, 5) is 11.9. The minimum absolute atomic E-state index is 0.0307. The summed E-state index contributed by atoms with van der Waals surface area (Å²) in [5.41, 5.74) is 0. The molecule has 58 valence electrons. The summed E-state index contributed by atoms with van der Waals surface area (Å²) in [6.07, 6.45) is -2.25. The summed E-state index contributed by atoms with van der Waals surface area (Å²) in [5, 5.41) is 8.84. The number of likely N-dealkylation sites (tertiary alicyclic amines) is 1. The molecule has 1 fully saturated rings. The maximum absolute atomic E-state index is 12.5. The molecule has 1 amide bonds. The fraction of sp³-hybridized carbons (Fsp3) is 0.800. The van der Waals surface area contributed by atoms with Crippen LogP contribution in [0.2, 0.25) is 0 Å². The minimum atomic E-state index is -1.27. The molecular weight excluding hydrogens is 252 g/mol. The molecule has 1 rings (SSSR count). The molecule has 1 aliphatic rings. The van der Waals surface area contributed by atoms with Crippen molar-refractivity contribution in [3.63, 3.8) is 0 Å². The van der Waals surface area contributed by atoms with Crippen LogP contribution in [0.15, 0.2) is 0 Å². The van der Waals surface area contributed by atoms with Gasteiger partial charge < -0.3 is 10.0 Å². The number of β-amino-alcohol motifs (C(OH)–C–C–N with tert-alkyl or cyclic N) is 1. The summed E-state index contributed by atoms with van der Waals surface area (Å²) < 4.78 is 12.3. The van der Waals surface area contributed by atoms with E-state index in [1.807, 2.05) is 0 Å². The van der Waals surface area contributed by atoms with Gasteiger partial charge in [-0.3, -0.25) is 4.79 Å². The number of amides is 1. The van der Waals surface area contributed by atoms with Crippen LogP contribution in [0.5, 0.6) is 0 Å². The van der Waals surface area contributed by atoms with Crippen LogP contribution in [-0.4, -0.2) is 39.3 Å². The van der Waals surface area contributed by atoms with E-state index in [0.29, 0.717) is 0 Å². The number of alkyl halides is 1. The van der Waals surface area contributed by atoms with Crippen LogP contribution in [-0.2, 0) is 0 Å². The predicted molar refractivity (Wildman–Crippen MR) is 41.9 cm³/mol. The van der Waals surface area contributed by atoms with E-state index in [-0.39, 0.29) is 17.0 Å². The number of carbonyl (C=O) groups excluding carboxylic acids is 1. The number of halogens is 2. The van der Waals surface area contributed by atoms with Gasteiger partial charge in [0.15, 0.2) is 0 Å². The second kappa shape index (κ2) is 3.00. The molecule has 0 aromatic carbocycles. The zero-order chi connectivity index (χ0) is 7.72. The fourth-order valence-corrected chi connectivity index (χ4v) is 1.28. The molecule has 5 heteroatoms. The van der Waals surface area contributed by atoms with Crippen molar-refractivity contribution in [2.45, 2.75) is 12.3 Å². The van der Waals surface area contributed by atoms with Crippen LogP contribution in [0, 0.1) is 0 Å². The van der Waals surface area contributed by atoms with Crippen LogP contribution in [0.1, 0.15) is 0 Å². The van der Waals surface area contributed by atoms with Crippen molar-refractivity contribution in [2.24, 2.45) is 0 Å². The van der Waals surface area contributed by atoms with Crippen molar-refractivity contribution >= 4 is 26.5 Å². The van der Waals surface area contributed by atoms with E-state index >= 15 is 0 Å². The third-order valence-corrected chi connectivity index (χ3v) is 2.15. The molecule has 2 unspecified atom stereocenters. The van der Waals surface area contributed by atoms with Crippen molar-refractivity contribution in [2.75, 3.05) is 13.1 Å². The Morgan fingerprint density at radius 2 is 2.30 bits per heavy atom. The van der Waals surface area contributed by atoms with Gasteiger partial charge in [-0.15, -0.1) is 0 Å². The van der Waals surface area contributed by atoms with Crippen LogP contribution in [0.3, 0.4) is 0 Å². The third kappa shape index (κ3) is 1.57. The summed E-state index contributed by atoms with van der Waals surface area (Å²) in [6, 6.07) is 0. The number of hydrogen-bond donors (Lipinski definition) is 1.